The van der Waals surface area contributed by atoms with Crippen LogP contribution >= 0.6 is 0 Å². The normalized spacial score (nSPS) is 12.8. The van der Waals surface area contributed by atoms with Gasteiger partial charge in [-0.1, -0.05) is 12.1 Å². The molecule has 0 saturated carbocycles. The van der Waals surface area contributed by atoms with Gasteiger partial charge in [-0.2, -0.15) is 5.10 Å². The van der Waals surface area contributed by atoms with E-state index in [0.29, 0.717) is 18.0 Å². The van der Waals surface area contributed by atoms with E-state index >= 15 is 0 Å². The molecular formula is C20H23FN2O3. The molecule has 2 aromatic carbocycles. The van der Waals surface area contributed by atoms with E-state index in [1.54, 1.807) is 20.3 Å². The number of aryl methyl sites for hydroxylation is 1. The number of nitrogens with zero attached hydrogens (tertiary/aromatic N) is 2. The minimum Gasteiger partial charge on any atom is -0.493 e. The van der Waals surface area contributed by atoms with E-state index in [4.69, 9.17) is 9.47 Å². The predicted molar refractivity (Wildman–Crippen MR) is 99.2 cm³/mol. The Balaban J connectivity index is 0.000000254. The number of hydrogen-bond acceptors (Lipinski definition) is 4. The zero-order valence-electron chi connectivity index (χ0n) is 15.5. The molecule has 3 rings (SSSR count). The largest absolute Gasteiger partial charge is 0.493 e. The third-order valence-corrected chi connectivity index (χ3v) is 3.86. The van der Waals surface area contributed by atoms with Crippen molar-refractivity contribution in [3.63, 3.8) is 0 Å². The number of carbonyl (C=O) groups excluding carboxylic acids is 1. The van der Waals surface area contributed by atoms with Gasteiger partial charge in [-0.15, -0.1) is 0 Å². The van der Waals surface area contributed by atoms with E-state index in [2.05, 4.69) is 5.10 Å². The summed E-state index contributed by atoms with van der Waals surface area (Å²) in [6, 6.07) is 12.1. The number of halogens is 1. The Morgan fingerprint density at radius 3 is 2.35 bits per heavy atom. The molecular weight excluding hydrogens is 335 g/mol. The number of hydrazone groups is 1. The van der Waals surface area contributed by atoms with Crippen molar-refractivity contribution in [2.24, 2.45) is 5.10 Å². The minimum absolute atomic E-state index is 0.0366. The zero-order valence-corrected chi connectivity index (χ0v) is 15.5. The highest BCUT2D eigenvalue weighted by atomic mass is 19.1. The summed E-state index contributed by atoms with van der Waals surface area (Å²) in [5, 5.41) is 5.77. The van der Waals surface area contributed by atoms with E-state index in [1.165, 1.54) is 24.1 Å². The number of hydrogen-bond donors (Lipinski definition) is 0. The smallest absolute Gasteiger partial charge is 0.239 e. The molecule has 6 heteroatoms. The molecule has 0 atom stereocenters. The Labute approximate surface area is 153 Å². The third-order valence-electron chi connectivity index (χ3n) is 3.86. The number of benzene rings is 2. The lowest BCUT2D eigenvalue weighted by Gasteiger charge is -2.09. The number of carbonyl (C=O) groups is 1. The Morgan fingerprint density at radius 1 is 1.12 bits per heavy atom. The maximum absolute atomic E-state index is 12.2. The van der Waals surface area contributed by atoms with Gasteiger partial charge >= 0.3 is 0 Å². The average Bonchev–Trinajstić information content (AvgIpc) is 3.12. The van der Waals surface area contributed by atoms with Crippen LogP contribution in [0.15, 0.2) is 47.6 Å². The second-order valence-corrected chi connectivity index (χ2v) is 5.81. The first-order chi connectivity index (χ1) is 12.4. The second-order valence-electron chi connectivity index (χ2n) is 5.81. The standard InChI is InChI=1S/C13H16N2O3.C7H7F/c1-9(16)15-7-6-11(14-15)10-4-5-12(17-2)13(8-10)18-3;1-6-3-2-4-7(8)5-6/h4-5,8H,6-7H2,1-3H3;2-5H,1H3. The van der Waals surface area contributed by atoms with Crippen LogP contribution in [0.25, 0.3) is 0 Å². The predicted octanol–water partition coefficient (Wildman–Crippen LogP) is 3.79. The summed E-state index contributed by atoms with van der Waals surface area (Å²) >= 11 is 0. The summed E-state index contributed by atoms with van der Waals surface area (Å²) in [6.07, 6.45) is 0.759. The highest BCUT2D eigenvalue weighted by Gasteiger charge is 2.19. The molecule has 5 nitrogen and oxygen atoms in total. The Kier molecular flexibility index (Phi) is 6.72. The van der Waals surface area contributed by atoms with Crippen molar-refractivity contribution in [2.45, 2.75) is 20.3 Å². The summed E-state index contributed by atoms with van der Waals surface area (Å²) in [6.45, 7) is 4.02. The van der Waals surface area contributed by atoms with Crippen molar-refractivity contribution >= 4 is 11.6 Å². The van der Waals surface area contributed by atoms with Crippen LogP contribution in [0.2, 0.25) is 0 Å². The van der Waals surface area contributed by atoms with Gasteiger partial charge in [0.2, 0.25) is 5.91 Å². The first-order valence-electron chi connectivity index (χ1n) is 8.24. The quantitative estimate of drug-likeness (QED) is 0.839. The monoisotopic (exact) mass is 358 g/mol. The molecule has 0 fully saturated rings. The summed E-state index contributed by atoms with van der Waals surface area (Å²) in [4.78, 5) is 11.2. The maximum atomic E-state index is 12.2. The van der Waals surface area contributed by atoms with Gasteiger partial charge < -0.3 is 9.47 Å². The molecule has 1 heterocycles. The van der Waals surface area contributed by atoms with E-state index < -0.39 is 0 Å². The van der Waals surface area contributed by atoms with Gasteiger partial charge in [0.05, 0.1) is 26.5 Å². The first kappa shape index (κ1) is 19.4. The second kappa shape index (κ2) is 8.99. The number of rotatable bonds is 3. The van der Waals surface area contributed by atoms with Crippen molar-refractivity contribution in [3.8, 4) is 11.5 Å². The molecule has 1 amide bonds. The van der Waals surface area contributed by atoms with Gasteiger partial charge in [0.15, 0.2) is 11.5 Å². The fourth-order valence-corrected chi connectivity index (χ4v) is 2.51. The fraction of sp³-hybridized carbons (Fsp3) is 0.300. The average molecular weight is 358 g/mol. The topological polar surface area (TPSA) is 51.1 Å². The highest BCUT2D eigenvalue weighted by Crippen LogP contribution is 2.29. The summed E-state index contributed by atoms with van der Waals surface area (Å²) < 4.78 is 22.6. The molecule has 0 bridgehead atoms. The maximum Gasteiger partial charge on any atom is 0.239 e. The molecule has 0 saturated heterocycles. The minimum atomic E-state index is -0.162. The molecule has 1 aliphatic heterocycles. The van der Waals surface area contributed by atoms with E-state index in [0.717, 1.165) is 23.3 Å². The summed E-state index contributed by atoms with van der Waals surface area (Å²) in [7, 11) is 3.20. The van der Waals surface area contributed by atoms with Crippen LogP contribution in [0.4, 0.5) is 4.39 Å². The van der Waals surface area contributed by atoms with Crippen LogP contribution < -0.4 is 9.47 Å². The van der Waals surface area contributed by atoms with Crippen molar-refractivity contribution in [1.29, 1.82) is 0 Å². The lowest BCUT2D eigenvalue weighted by molar-refractivity contribution is -0.128. The number of methoxy groups -OCH3 is 2. The van der Waals surface area contributed by atoms with Gasteiger partial charge in [0.1, 0.15) is 5.82 Å². The highest BCUT2D eigenvalue weighted by molar-refractivity contribution is 6.03. The van der Waals surface area contributed by atoms with Crippen LogP contribution in [0.1, 0.15) is 24.5 Å². The molecule has 26 heavy (non-hydrogen) atoms. The van der Waals surface area contributed by atoms with Gasteiger partial charge in [0.25, 0.3) is 0 Å². The Bertz CT molecular complexity index is 788. The van der Waals surface area contributed by atoms with Gasteiger partial charge in [-0.3, -0.25) is 4.79 Å². The Morgan fingerprint density at radius 2 is 1.85 bits per heavy atom. The van der Waals surface area contributed by atoms with Crippen LogP contribution in [0, 0.1) is 12.7 Å². The third kappa shape index (κ3) is 5.05. The molecule has 0 aliphatic carbocycles. The van der Waals surface area contributed by atoms with Crippen molar-refractivity contribution in [3.05, 3.63) is 59.4 Å². The molecule has 1 aliphatic rings. The fourth-order valence-electron chi connectivity index (χ4n) is 2.51. The molecule has 138 valence electrons. The van der Waals surface area contributed by atoms with E-state index in [9.17, 15) is 9.18 Å². The van der Waals surface area contributed by atoms with E-state index in [-0.39, 0.29) is 11.7 Å². The first-order valence-corrected chi connectivity index (χ1v) is 8.24. The van der Waals surface area contributed by atoms with Crippen LogP contribution in [0.5, 0.6) is 11.5 Å². The summed E-state index contributed by atoms with van der Waals surface area (Å²) in [5.74, 6) is 1.15. The molecule has 0 radical (unpaired) electrons. The lowest BCUT2D eigenvalue weighted by atomic mass is 10.1. The van der Waals surface area contributed by atoms with Gasteiger partial charge in [-0.25, -0.2) is 9.40 Å². The van der Waals surface area contributed by atoms with Gasteiger partial charge in [-0.05, 0) is 42.8 Å². The van der Waals surface area contributed by atoms with Crippen molar-refractivity contribution in [1.82, 2.24) is 5.01 Å². The van der Waals surface area contributed by atoms with Crippen molar-refractivity contribution < 1.29 is 18.7 Å². The zero-order chi connectivity index (χ0) is 19.1. The molecule has 0 spiro atoms. The van der Waals surface area contributed by atoms with Crippen LogP contribution in [-0.2, 0) is 4.79 Å². The summed E-state index contributed by atoms with van der Waals surface area (Å²) in [5.41, 5.74) is 2.81. The molecule has 0 N–H and O–H groups in total. The molecule has 2 aromatic rings. The number of amides is 1. The molecule has 0 aromatic heterocycles. The number of ether oxygens (including phenoxy) is 2. The molecule has 0 unspecified atom stereocenters. The Hall–Kier alpha value is -2.89. The van der Waals surface area contributed by atoms with Gasteiger partial charge in [0, 0.05) is 18.9 Å². The van der Waals surface area contributed by atoms with Crippen molar-refractivity contribution in [2.75, 3.05) is 20.8 Å². The van der Waals surface area contributed by atoms with Crippen LogP contribution in [0.3, 0.4) is 0 Å². The SMILES string of the molecule is COc1ccc(C2=NN(C(C)=O)CC2)cc1OC.Cc1cccc(F)c1. The van der Waals surface area contributed by atoms with E-state index in [1.807, 2.05) is 31.2 Å². The van der Waals surface area contributed by atoms with Crippen LogP contribution in [-0.4, -0.2) is 37.4 Å². The lowest BCUT2D eigenvalue weighted by Crippen LogP contribution is -2.19.